The van der Waals surface area contributed by atoms with E-state index in [9.17, 15) is 19.2 Å². The Morgan fingerprint density at radius 3 is 1.63 bits per heavy atom. The monoisotopic (exact) mass is 526 g/mol. The third-order valence-corrected chi connectivity index (χ3v) is 6.23. The first-order valence-corrected chi connectivity index (χ1v) is 12.6. The van der Waals surface area contributed by atoms with E-state index >= 15 is 0 Å². The Labute approximate surface area is 224 Å². The van der Waals surface area contributed by atoms with Crippen molar-refractivity contribution in [2.24, 2.45) is 5.92 Å². The number of Topliss-reactive ketones (excluding diaryl/α,β-unsaturated/α-hetero) is 2. The van der Waals surface area contributed by atoms with Crippen LogP contribution in [-0.2, 0) is 41.7 Å². The van der Waals surface area contributed by atoms with Gasteiger partial charge in [-0.25, -0.2) is 4.79 Å². The molecule has 2 aliphatic rings. The molecule has 206 valence electrons. The van der Waals surface area contributed by atoms with Crippen LogP contribution in [0.15, 0.2) is 60.7 Å². The topological polar surface area (TPSA) is 102 Å². The van der Waals surface area contributed by atoms with Crippen molar-refractivity contribution in [1.82, 2.24) is 9.80 Å². The van der Waals surface area contributed by atoms with Crippen LogP contribution in [0.3, 0.4) is 0 Å². The summed E-state index contributed by atoms with van der Waals surface area (Å²) in [5, 5.41) is 0. The first-order valence-electron chi connectivity index (χ1n) is 12.6. The zero-order valence-electron chi connectivity index (χ0n) is 22.5. The number of ketones is 2. The van der Waals surface area contributed by atoms with Gasteiger partial charge in [-0.1, -0.05) is 60.7 Å². The maximum absolute atomic E-state index is 11.7. The summed E-state index contributed by atoms with van der Waals surface area (Å²) < 4.78 is 12.7. The molecule has 2 aliphatic heterocycles. The van der Waals surface area contributed by atoms with E-state index in [0.29, 0.717) is 25.3 Å². The van der Waals surface area contributed by atoms with Crippen LogP contribution in [0.5, 0.6) is 0 Å². The van der Waals surface area contributed by atoms with Crippen LogP contribution in [0.1, 0.15) is 30.4 Å². The fraction of sp³-hybridized carbons (Fsp3) is 0.448. The number of benzene rings is 2. The Hall–Kier alpha value is -3.56. The number of esters is 1. The van der Waals surface area contributed by atoms with Gasteiger partial charge in [0.2, 0.25) is 0 Å². The van der Waals surface area contributed by atoms with Gasteiger partial charge in [0.25, 0.3) is 0 Å². The van der Waals surface area contributed by atoms with Crippen molar-refractivity contribution < 1.29 is 33.4 Å². The summed E-state index contributed by atoms with van der Waals surface area (Å²) in [4.78, 5) is 48.4. The van der Waals surface area contributed by atoms with E-state index in [-0.39, 0.29) is 5.78 Å². The first-order chi connectivity index (χ1) is 18.4. The normalized spacial score (nSPS) is 17.7. The summed E-state index contributed by atoms with van der Waals surface area (Å²) in [5.74, 6) is -0.634. The average Bonchev–Trinajstić information content (AvgIpc) is 2.96. The van der Waals surface area contributed by atoms with Crippen LogP contribution in [0.2, 0.25) is 0 Å². The molecule has 0 N–H and O–H groups in total. The molecule has 0 aliphatic carbocycles. The lowest BCUT2D eigenvalue weighted by Crippen LogP contribution is -2.44. The maximum atomic E-state index is 11.7. The number of hydrogen-bond donors (Lipinski definition) is 0. The van der Waals surface area contributed by atoms with E-state index in [1.807, 2.05) is 36.4 Å². The Balaban J connectivity index is 0.000000225. The number of ether oxygens (including phenoxy) is 3. The minimum Gasteiger partial charge on any atom is -0.468 e. The van der Waals surface area contributed by atoms with Gasteiger partial charge in [0.05, 0.1) is 21.3 Å². The minimum atomic E-state index is -0.657. The van der Waals surface area contributed by atoms with Crippen LogP contribution >= 0.6 is 0 Å². The van der Waals surface area contributed by atoms with Crippen LogP contribution in [0.25, 0.3) is 0 Å². The fourth-order valence-electron chi connectivity index (χ4n) is 4.11. The van der Waals surface area contributed by atoms with Gasteiger partial charge in [-0.05, 0) is 11.1 Å². The Morgan fingerprint density at radius 1 is 0.711 bits per heavy atom. The zero-order chi connectivity index (χ0) is 27.8. The molecule has 0 bridgehead atoms. The van der Waals surface area contributed by atoms with Crippen molar-refractivity contribution in [3.63, 3.8) is 0 Å². The van der Waals surface area contributed by atoms with Crippen molar-refractivity contribution >= 4 is 23.7 Å². The van der Waals surface area contributed by atoms with Gasteiger partial charge in [-0.3, -0.25) is 24.2 Å². The summed E-state index contributed by atoms with van der Waals surface area (Å²) in [6.45, 7) is 4.76. The second-order valence-corrected chi connectivity index (χ2v) is 8.97. The third kappa shape index (κ3) is 11.2. The van der Waals surface area contributed by atoms with Crippen LogP contribution < -0.4 is 0 Å². The van der Waals surface area contributed by atoms with E-state index < -0.39 is 18.0 Å². The summed E-state index contributed by atoms with van der Waals surface area (Å²) in [6, 6.07) is 20.5. The molecule has 2 aromatic rings. The van der Waals surface area contributed by atoms with Crippen molar-refractivity contribution in [3.05, 3.63) is 71.8 Å². The van der Waals surface area contributed by atoms with E-state index in [4.69, 9.17) is 0 Å². The van der Waals surface area contributed by atoms with Crippen molar-refractivity contribution in [1.29, 1.82) is 0 Å². The summed E-state index contributed by atoms with van der Waals surface area (Å²) >= 11 is 0. The number of piperidine rings is 2. The zero-order valence-corrected chi connectivity index (χ0v) is 22.5. The molecule has 9 nitrogen and oxygen atoms in total. The molecule has 2 aromatic carbocycles. The highest BCUT2D eigenvalue weighted by Crippen LogP contribution is 2.17. The van der Waals surface area contributed by atoms with Crippen LogP contribution in [0.4, 0.5) is 4.79 Å². The molecule has 0 spiro atoms. The number of carbonyl (C=O) groups is 4. The molecule has 1 unspecified atom stereocenters. The molecule has 38 heavy (non-hydrogen) atoms. The second-order valence-electron chi connectivity index (χ2n) is 8.97. The van der Waals surface area contributed by atoms with Crippen molar-refractivity contribution in [2.45, 2.75) is 32.4 Å². The molecule has 9 heteroatoms. The van der Waals surface area contributed by atoms with Gasteiger partial charge in [0.1, 0.15) is 17.5 Å². The highest BCUT2D eigenvalue weighted by Gasteiger charge is 2.33. The van der Waals surface area contributed by atoms with E-state index in [1.54, 1.807) is 0 Å². The predicted molar refractivity (Wildman–Crippen MR) is 142 cm³/mol. The quantitative estimate of drug-likeness (QED) is 0.428. The predicted octanol–water partition coefficient (Wildman–Crippen LogP) is 3.50. The number of likely N-dealkylation sites (tertiary alicyclic amines) is 2. The van der Waals surface area contributed by atoms with Gasteiger partial charge in [-0.2, -0.15) is 0 Å². The standard InChI is InChI=1S/C14H17NO3.C12H15NO.C3H6O3/c1-18-14(17)12-10-15(8-7-13(12)16)9-11-5-3-2-4-6-11;14-12-6-8-13(9-7-12)10-11-4-2-1-3-5-11;1-5-3(4)6-2/h2-6,12H,7-10H2,1H3;1-5H,6-10H2;1-2H3. The number of rotatable bonds is 5. The van der Waals surface area contributed by atoms with Crippen molar-refractivity contribution in [2.75, 3.05) is 47.5 Å². The molecule has 0 amide bonds. The van der Waals surface area contributed by atoms with Crippen LogP contribution in [0, 0.1) is 5.92 Å². The van der Waals surface area contributed by atoms with Gasteiger partial charge < -0.3 is 14.2 Å². The Bertz CT molecular complexity index is 990. The van der Waals surface area contributed by atoms with Gasteiger partial charge in [0, 0.05) is 58.5 Å². The number of methoxy groups -OCH3 is 3. The highest BCUT2D eigenvalue weighted by molar-refractivity contribution is 5.99. The molecular formula is C29H38N2O7. The van der Waals surface area contributed by atoms with Gasteiger partial charge >= 0.3 is 12.1 Å². The first kappa shape index (κ1) is 30.7. The van der Waals surface area contributed by atoms with E-state index in [2.05, 4.69) is 48.3 Å². The molecule has 2 saturated heterocycles. The van der Waals surface area contributed by atoms with E-state index in [1.165, 1.54) is 32.5 Å². The largest absolute Gasteiger partial charge is 0.507 e. The summed E-state index contributed by atoms with van der Waals surface area (Å²) in [7, 11) is 3.84. The van der Waals surface area contributed by atoms with Gasteiger partial charge in [0.15, 0.2) is 0 Å². The summed E-state index contributed by atoms with van der Waals surface area (Å²) in [6.07, 6.45) is 1.22. The lowest BCUT2D eigenvalue weighted by Gasteiger charge is -2.30. The maximum Gasteiger partial charge on any atom is 0.507 e. The fourth-order valence-corrected chi connectivity index (χ4v) is 4.11. The number of nitrogens with zero attached hydrogens (tertiary/aromatic N) is 2. The molecule has 0 aromatic heterocycles. The van der Waals surface area contributed by atoms with Crippen LogP contribution in [-0.4, -0.2) is 81.0 Å². The molecule has 4 rings (SSSR count). The Morgan fingerprint density at radius 2 is 1.18 bits per heavy atom. The third-order valence-electron chi connectivity index (χ3n) is 6.23. The highest BCUT2D eigenvalue weighted by atomic mass is 16.7. The summed E-state index contributed by atoms with van der Waals surface area (Å²) in [5.41, 5.74) is 2.53. The average molecular weight is 527 g/mol. The lowest BCUT2D eigenvalue weighted by molar-refractivity contribution is -0.152. The molecule has 2 heterocycles. The smallest absolute Gasteiger partial charge is 0.468 e. The molecule has 2 fully saturated rings. The van der Waals surface area contributed by atoms with Gasteiger partial charge in [-0.15, -0.1) is 0 Å². The Kier molecular flexibility index (Phi) is 13.8. The molecular weight excluding hydrogens is 488 g/mol. The van der Waals surface area contributed by atoms with Crippen molar-refractivity contribution in [3.8, 4) is 0 Å². The van der Waals surface area contributed by atoms with E-state index in [0.717, 1.165) is 39.0 Å². The SMILES string of the molecule is COC(=O)C1CN(Cc2ccccc2)CCC1=O.COC(=O)OC.O=C1CCN(Cc2ccccc2)CC1. The minimum absolute atomic E-state index is 0.00818. The second kappa shape index (κ2) is 17.0. The number of carbonyl (C=O) groups excluding carboxylic acids is 4. The molecule has 0 saturated carbocycles. The lowest BCUT2D eigenvalue weighted by atomic mass is 9.96. The number of hydrogen-bond acceptors (Lipinski definition) is 9. The molecule has 0 radical (unpaired) electrons. The molecule has 1 atom stereocenters.